The zero-order chi connectivity index (χ0) is 39.0. The fourth-order valence-electron chi connectivity index (χ4n) is 11.9. The summed E-state index contributed by atoms with van der Waals surface area (Å²) in [7, 11) is 4.80. The van der Waals surface area contributed by atoms with Gasteiger partial charge in [-0.2, -0.15) is 0 Å². The van der Waals surface area contributed by atoms with E-state index in [0.29, 0.717) is 42.2 Å². The molecule has 8 atom stereocenters. The molecule has 292 valence electrons. The van der Waals surface area contributed by atoms with Gasteiger partial charge in [0.05, 0.1) is 51.0 Å². The maximum atomic E-state index is 14.8. The van der Waals surface area contributed by atoms with E-state index in [4.69, 9.17) is 14.2 Å². The Labute approximate surface area is 328 Å². The number of hydrogen-bond acceptors (Lipinski definition) is 8. The summed E-state index contributed by atoms with van der Waals surface area (Å²) in [5.41, 5.74) is -0.758. The number of hydrogen-bond donors (Lipinski definition) is 3. The lowest BCUT2D eigenvalue weighted by Gasteiger charge is -2.71. The first kappa shape index (κ1) is 37.8. The summed E-state index contributed by atoms with van der Waals surface area (Å²) in [6.07, 6.45) is 11.6. The molecule has 2 aromatic carbocycles. The van der Waals surface area contributed by atoms with Crippen LogP contribution >= 0.6 is 11.3 Å². The lowest BCUT2D eigenvalue weighted by molar-refractivity contribution is -0.174. The van der Waals surface area contributed by atoms with Crippen molar-refractivity contribution in [1.82, 2.24) is 4.90 Å². The van der Waals surface area contributed by atoms with Crippen LogP contribution in [0.2, 0.25) is 0 Å². The van der Waals surface area contributed by atoms with Crippen LogP contribution in [0.1, 0.15) is 78.9 Å². The fourth-order valence-corrected chi connectivity index (χ4v) is 12.7. The zero-order valence-electron chi connectivity index (χ0n) is 32.8. The van der Waals surface area contributed by atoms with Gasteiger partial charge >= 0.3 is 6.03 Å². The van der Waals surface area contributed by atoms with Crippen LogP contribution in [-0.2, 0) is 6.54 Å². The van der Waals surface area contributed by atoms with Crippen molar-refractivity contribution in [2.45, 2.75) is 84.0 Å². The van der Waals surface area contributed by atoms with Crippen molar-refractivity contribution in [1.29, 1.82) is 0 Å². The predicted molar refractivity (Wildman–Crippen MR) is 214 cm³/mol. The first-order valence-electron chi connectivity index (χ1n) is 19.6. The number of aliphatic hydroxyl groups is 2. The molecule has 2 amide bonds. The highest BCUT2D eigenvalue weighted by molar-refractivity contribution is 7.14. The molecule has 2 bridgehead atoms. The van der Waals surface area contributed by atoms with Crippen LogP contribution < -0.4 is 19.5 Å². The number of ether oxygens (including phenoxy) is 3. The highest BCUT2D eigenvalue weighted by atomic mass is 32.1. The normalized spacial score (nSPS) is 34.2. The third kappa shape index (κ3) is 5.68. The highest BCUT2D eigenvalue weighted by Gasteiger charge is 2.74. The van der Waals surface area contributed by atoms with Crippen molar-refractivity contribution in [3.8, 4) is 17.2 Å². The molecule has 1 heterocycles. The number of rotatable bonds is 10. The van der Waals surface area contributed by atoms with Gasteiger partial charge in [0.1, 0.15) is 17.2 Å². The highest BCUT2D eigenvalue weighted by Crippen LogP contribution is 2.78. The number of ketones is 1. The summed E-state index contributed by atoms with van der Waals surface area (Å²) < 4.78 is 16.5. The van der Waals surface area contributed by atoms with Gasteiger partial charge in [-0.15, -0.1) is 11.3 Å². The molecule has 3 saturated carbocycles. The van der Waals surface area contributed by atoms with Gasteiger partial charge in [0.2, 0.25) is 0 Å². The Kier molecular flexibility index (Phi) is 9.29. The van der Waals surface area contributed by atoms with Gasteiger partial charge in [-0.05, 0) is 118 Å². The summed E-state index contributed by atoms with van der Waals surface area (Å²) in [5.74, 6) is 2.12. The first-order chi connectivity index (χ1) is 26.2. The number of anilines is 1. The third-order valence-electron chi connectivity index (χ3n) is 14.9. The molecule has 1 unspecified atom stereocenters. The fraction of sp³-hybridized carbons (Fsp3) is 0.511. The number of methoxy groups -OCH3 is 3. The van der Waals surface area contributed by atoms with Crippen LogP contribution in [0, 0.1) is 40.4 Å². The van der Waals surface area contributed by atoms with E-state index < -0.39 is 27.9 Å². The van der Waals surface area contributed by atoms with Crippen LogP contribution in [0.4, 0.5) is 10.5 Å². The molecule has 6 aliphatic carbocycles. The van der Waals surface area contributed by atoms with Crippen molar-refractivity contribution in [3.05, 3.63) is 93.7 Å². The Morgan fingerprint density at radius 2 is 1.56 bits per heavy atom. The smallest absolute Gasteiger partial charge is 0.322 e. The zero-order valence-corrected chi connectivity index (χ0v) is 33.6. The second-order valence-electron chi connectivity index (χ2n) is 17.2. The van der Waals surface area contributed by atoms with Crippen LogP contribution in [0.25, 0.3) is 0 Å². The van der Waals surface area contributed by atoms with E-state index in [1.54, 1.807) is 56.6 Å². The number of allylic oxidation sites excluding steroid dienone is 4. The number of Topliss-reactive ketones (excluding diaryl/α,β-unsaturated/α-hetero) is 1. The van der Waals surface area contributed by atoms with Crippen molar-refractivity contribution in [3.63, 3.8) is 0 Å². The van der Waals surface area contributed by atoms with E-state index in [9.17, 15) is 19.8 Å². The summed E-state index contributed by atoms with van der Waals surface area (Å²) in [6, 6.07) is 16.4. The minimum absolute atomic E-state index is 0.0414. The van der Waals surface area contributed by atoms with Gasteiger partial charge in [-0.1, -0.05) is 32.1 Å². The van der Waals surface area contributed by atoms with Crippen molar-refractivity contribution in [2.75, 3.05) is 33.2 Å². The Morgan fingerprint density at radius 3 is 2.25 bits per heavy atom. The topological polar surface area (TPSA) is 118 Å². The molecule has 10 heteroatoms. The molecule has 0 saturated heterocycles. The number of nitrogens with zero attached hydrogens (tertiary/aromatic N) is 1. The van der Waals surface area contributed by atoms with E-state index in [1.165, 1.54) is 11.3 Å². The predicted octanol–water partition coefficient (Wildman–Crippen LogP) is 8.59. The lowest BCUT2D eigenvalue weighted by atomic mass is 9.32. The molecular formula is C45H54N2O7S. The van der Waals surface area contributed by atoms with Gasteiger partial charge in [0, 0.05) is 44.0 Å². The maximum Gasteiger partial charge on any atom is 0.322 e. The van der Waals surface area contributed by atoms with Crippen molar-refractivity contribution < 1.29 is 34.0 Å². The number of carbonyl (C=O) groups excluding carboxylic acids is 2. The van der Waals surface area contributed by atoms with Crippen molar-refractivity contribution >= 4 is 28.8 Å². The lowest BCUT2D eigenvalue weighted by Crippen LogP contribution is -2.67. The number of aryl methyl sites for hydroxylation is 1. The minimum atomic E-state index is -1.26. The second kappa shape index (κ2) is 13.5. The SMILES string of the molecule is COc1ccc(NC(=O)N(Cc2ccc(OC)cc2OC)C[C@]2(O)CC[C@H]3[C@]45C=C[C@@]6(C=C4C(=O)c4ccc(C)s4)CC(O)CC[C@]6(C)[C@H]5CC[C@@]32C)cc1. The van der Waals surface area contributed by atoms with Gasteiger partial charge in [0.25, 0.3) is 0 Å². The van der Waals surface area contributed by atoms with E-state index in [2.05, 4.69) is 37.4 Å². The van der Waals surface area contributed by atoms with Crippen LogP contribution in [-0.4, -0.2) is 66.5 Å². The molecule has 0 aliphatic heterocycles. The molecule has 9 rings (SSSR count). The number of carbonyl (C=O) groups is 2. The quantitative estimate of drug-likeness (QED) is 0.140. The van der Waals surface area contributed by atoms with Gasteiger partial charge in [0.15, 0.2) is 5.78 Å². The first-order valence-corrected chi connectivity index (χ1v) is 20.4. The number of thiophene rings is 1. The number of fused-ring (bicyclic) bond motifs is 1. The van der Waals surface area contributed by atoms with E-state index in [-0.39, 0.29) is 42.2 Å². The number of benzene rings is 2. The molecule has 2 spiro atoms. The average Bonchev–Trinajstić information content (AvgIpc) is 3.74. The molecule has 55 heavy (non-hydrogen) atoms. The maximum absolute atomic E-state index is 14.8. The Bertz CT molecular complexity index is 2060. The van der Waals surface area contributed by atoms with E-state index in [0.717, 1.165) is 46.6 Å². The monoisotopic (exact) mass is 766 g/mol. The van der Waals surface area contributed by atoms with Crippen LogP contribution in [0.3, 0.4) is 0 Å². The van der Waals surface area contributed by atoms with Crippen LogP contribution in [0.15, 0.2) is 78.4 Å². The van der Waals surface area contributed by atoms with Gasteiger partial charge in [-0.3, -0.25) is 4.79 Å². The summed E-state index contributed by atoms with van der Waals surface area (Å²) in [6.45, 7) is 6.91. The molecule has 3 fully saturated rings. The standard InChI is InChI=1S/C45H54N2O7S/c1-28-7-14-36(55-28)39(49)34-25-43-21-22-45(34)37(41(43,2)18-15-31(48)24-43)16-19-42(3)38(45)17-20-44(42,51)27-47(26-29-8-11-33(53-5)23-35(29)54-6)40(50)46-30-9-12-32(52-4)13-10-30/h7-14,21-23,25,31,37-38,48,51H,15-20,24,26-27H2,1-6H3,(H,46,50)/t31?,37-,38-,41-,42+,43+,44-,45-/m1/s1. The Morgan fingerprint density at radius 1 is 0.873 bits per heavy atom. The minimum Gasteiger partial charge on any atom is -0.497 e. The van der Waals surface area contributed by atoms with Crippen LogP contribution in [0.5, 0.6) is 17.2 Å². The molecule has 0 radical (unpaired) electrons. The molecule has 3 aromatic rings. The summed E-state index contributed by atoms with van der Waals surface area (Å²) in [4.78, 5) is 32.8. The number of urea groups is 1. The largest absolute Gasteiger partial charge is 0.497 e. The molecule has 3 N–H and O–H groups in total. The molecular weight excluding hydrogens is 713 g/mol. The van der Waals surface area contributed by atoms with E-state index >= 15 is 0 Å². The summed E-state index contributed by atoms with van der Waals surface area (Å²) in [5, 5.41) is 27.3. The van der Waals surface area contributed by atoms with Gasteiger partial charge in [-0.25, -0.2) is 4.79 Å². The summed E-state index contributed by atoms with van der Waals surface area (Å²) >= 11 is 1.53. The Balaban J connectivity index is 1.18. The Hall–Kier alpha value is -4.12. The number of amides is 2. The number of nitrogens with one attached hydrogen (secondary N) is 1. The average molecular weight is 767 g/mol. The molecule has 1 aromatic heterocycles. The van der Waals surface area contributed by atoms with Gasteiger partial charge < -0.3 is 34.6 Å². The third-order valence-corrected chi connectivity index (χ3v) is 15.9. The molecule has 6 aliphatic rings. The molecule has 9 nitrogen and oxygen atoms in total. The van der Waals surface area contributed by atoms with E-state index in [1.807, 2.05) is 31.2 Å². The second-order valence-corrected chi connectivity index (χ2v) is 18.5. The number of aliphatic hydroxyl groups excluding tert-OH is 1. The van der Waals surface area contributed by atoms with Crippen molar-refractivity contribution in [2.24, 2.45) is 33.5 Å².